The predicted octanol–water partition coefficient (Wildman–Crippen LogP) is 4.05. The Labute approximate surface area is 112 Å². The van der Waals surface area contributed by atoms with E-state index in [1.54, 1.807) is 12.1 Å². The standard InChI is InChI=1S/C13H17Cl2NO/c1-9(2)3-6-13(17)16-8-10-4-5-11(14)12(15)7-10/h4-5,7,9H,3,6,8H2,1-2H3,(H,16,17). The van der Waals surface area contributed by atoms with Crippen molar-refractivity contribution in [1.82, 2.24) is 5.32 Å². The van der Waals surface area contributed by atoms with Crippen LogP contribution in [-0.4, -0.2) is 5.91 Å². The SMILES string of the molecule is CC(C)CCC(=O)NCc1ccc(Cl)c(Cl)c1. The monoisotopic (exact) mass is 273 g/mol. The average Bonchev–Trinajstić information content (AvgIpc) is 2.28. The molecule has 94 valence electrons. The van der Waals surface area contributed by atoms with Gasteiger partial charge in [0.2, 0.25) is 5.91 Å². The molecule has 17 heavy (non-hydrogen) atoms. The van der Waals surface area contributed by atoms with Crippen LogP contribution < -0.4 is 5.32 Å². The molecule has 0 aromatic heterocycles. The number of carbonyl (C=O) groups is 1. The van der Waals surface area contributed by atoms with Crippen LogP contribution in [0.5, 0.6) is 0 Å². The number of nitrogens with one attached hydrogen (secondary N) is 1. The van der Waals surface area contributed by atoms with Crippen molar-refractivity contribution in [2.75, 3.05) is 0 Å². The molecular formula is C13H17Cl2NO. The third-order valence-corrected chi connectivity index (χ3v) is 3.16. The first kappa shape index (κ1) is 14.3. The molecule has 1 aromatic rings. The fourth-order valence-corrected chi connectivity index (χ4v) is 1.68. The quantitative estimate of drug-likeness (QED) is 0.862. The molecule has 0 aliphatic carbocycles. The average molecular weight is 274 g/mol. The molecule has 0 fully saturated rings. The number of hydrogen-bond acceptors (Lipinski definition) is 1. The maximum Gasteiger partial charge on any atom is 0.220 e. The van der Waals surface area contributed by atoms with Crippen LogP contribution in [0, 0.1) is 5.92 Å². The highest BCUT2D eigenvalue weighted by Gasteiger charge is 2.04. The highest BCUT2D eigenvalue weighted by molar-refractivity contribution is 6.42. The molecule has 0 radical (unpaired) electrons. The zero-order valence-corrected chi connectivity index (χ0v) is 11.6. The van der Waals surface area contributed by atoms with Crippen LogP contribution in [0.25, 0.3) is 0 Å². The van der Waals surface area contributed by atoms with Crippen molar-refractivity contribution in [2.24, 2.45) is 5.92 Å². The summed E-state index contributed by atoms with van der Waals surface area (Å²) in [6.07, 6.45) is 1.48. The third kappa shape index (κ3) is 5.42. The Kier molecular flexibility index (Phi) is 5.79. The molecule has 0 heterocycles. The Morgan fingerprint density at radius 3 is 2.59 bits per heavy atom. The number of hydrogen-bond donors (Lipinski definition) is 1. The zero-order chi connectivity index (χ0) is 12.8. The summed E-state index contributed by atoms with van der Waals surface area (Å²) in [5.74, 6) is 0.621. The molecule has 1 rings (SSSR count). The van der Waals surface area contributed by atoms with Gasteiger partial charge in [-0.3, -0.25) is 4.79 Å². The normalized spacial score (nSPS) is 10.6. The second-order valence-corrected chi connectivity index (χ2v) is 5.27. The molecule has 0 saturated carbocycles. The molecule has 4 heteroatoms. The fourth-order valence-electron chi connectivity index (χ4n) is 1.36. The van der Waals surface area contributed by atoms with Crippen LogP contribution in [0.15, 0.2) is 18.2 Å². The first-order valence-corrected chi connectivity index (χ1v) is 6.45. The van der Waals surface area contributed by atoms with Crippen LogP contribution in [0.1, 0.15) is 32.3 Å². The summed E-state index contributed by atoms with van der Waals surface area (Å²) in [5, 5.41) is 3.90. The minimum atomic E-state index is 0.0739. The fraction of sp³-hybridized carbons (Fsp3) is 0.462. The second kappa shape index (κ2) is 6.87. The minimum Gasteiger partial charge on any atom is -0.352 e. The van der Waals surface area contributed by atoms with E-state index in [4.69, 9.17) is 23.2 Å². The van der Waals surface area contributed by atoms with Crippen LogP contribution in [0.3, 0.4) is 0 Å². The summed E-state index contributed by atoms with van der Waals surface area (Å²) in [7, 11) is 0. The van der Waals surface area contributed by atoms with Gasteiger partial charge in [0.25, 0.3) is 0 Å². The van der Waals surface area contributed by atoms with Gasteiger partial charge in [-0.05, 0) is 30.0 Å². The lowest BCUT2D eigenvalue weighted by atomic mass is 10.1. The van der Waals surface area contributed by atoms with Crippen molar-refractivity contribution in [3.63, 3.8) is 0 Å². The molecule has 0 unspecified atom stereocenters. The van der Waals surface area contributed by atoms with Gasteiger partial charge in [-0.15, -0.1) is 0 Å². The third-order valence-electron chi connectivity index (χ3n) is 2.42. The van der Waals surface area contributed by atoms with E-state index in [1.165, 1.54) is 0 Å². The van der Waals surface area contributed by atoms with Crippen molar-refractivity contribution in [3.8, 4) is 0 Å². The molecular weight excluding hydrogens is 257 g/mol. The van der Waals surface area contributed by atoms with Crippen molar-refractivity contribution in [3.05, 3.63) is 33.8 Å². The Bertz CT molecular complexity index is 391. The summed E-state index contributed by atoms with van der Waals surface area (Å²) in [5.41, 5.74) is 0.956. The lowest BCUT2D eigenvalue weighted by Crippen LogP contribution is -2.22. The van der Waals surface area contributed by atoms with E-state index in [9.17, 15) is 4.79 Å². The molecule has 1 aromatic carbocycles. The van der Waals surface area contributed by atoms with Crippen molar-refractivity contribution < 1.29 is 4.79 Å². The van der Waals surface area contributed by atoms with Gasteiger partial charge in [-0.25, -0.2) is 0 Å². The Balaban J connectivity index is 2.39. The summed E-state index contributed by atoms with van der Waals surface area (Å²) in [6, 6.07) is 5.36. The minimum absolute atomic E-state index is 0.0739. The summed E-state index contributed by atoms with van der Waals surface area (Å²) < 4.78 is 0. The molecule has 0 spiro atoms. The summed E-state index contributed by atoms with van der Waals surface area (Å²) in [4.78, 5) is 11.5. The molecule has 2 nitrogen and oxygen atoms in total. The highest BCUT2D eigenvalue weighted by Crippen LogP contribution is 2.22. The second-order valence-electron chi connectivity index (χ2n) is 4.46. The maximum absolute atomic E-state index is 11.5. The molecule has 0 aliphatic heterocycles. The number of rotatable bonds is 5. The van der Waals surface area contributed by atoms with Crippen LogP contribution >= 0.6 is 23.2 Å². The Hall–Kier alpha value is -0.730. The van der Waals surface area contributed by atoms with E-state index >= 15 is 0 Å². The topological polar surface area (TPSA) is 29.1 Å². The Morgan fingerprint density at radius 2 is 2.00 bits per heavy atom. The van der Waals surface area contributed by atoms with Gasteiger partial charge in [0, 0.05) is 13.0 Å². The molecule has 0 bridgehead atoms. The van der Waals surface area contributed by atoms with E-state index in [-0.39, 0.29) is 5.91 Å². The van der Waals surface area contributed by atoms with Crippen molar-refractivity contribution in [2.45, 2.75) is 33.2 Å². The number of carbonyl (C=O) groups excluding carboxylic acids is 1. The van der Waals surface area contributed by atoms with Crippen LogP contribution in [0.2, 0.25) is 10.0 Å². The van der Waals surface area contributed by atoms with Crippen molar-refractivity contribution >= 4 is 29.1 Å². The first-order chi connectivity index (χ1) is 7.99. The molecule has 1 N–H and O–H groups in total. The molecule has 0 saturated heterocycles. The highest BCUT2D eigenvalue weighted by atomic mass is 35.5. The number of halogens is 2. The van der Waals surface area contributed by atoms with Gasteiger partial charge in [0.15, 0.2) is 0 Å². The maximum atomic E-state index is 11.5. The van der Waals surface area contributed by atoms with E-state index in [0.717, 1.165) is 12.0 Å². The lowest BCUT2D eigenvalue weighted by molar-refractivity contribution is -0.121. The van der Waals surface area contributed by atoms with Crippen LogP contribution in [-0.2, 0) is 11.3 Å². The van der Waals surface area contributed by atoms with Crippen molar-refractivity contribution in [1.29, 1.82) is 0 Å². The predicted molar refractivity (Wildman–Crippen MR) is 72.4 cm³/mol. The van der Waals surface area contributed by atoms with Gasteiger partial charge in [-0.2, -0.15) is 0 Å². The lowest BCUT2D eigenvalue weighted by Gasteiger charge is -2.07. The molecule has 0 aliphatic rings. The van der Waals surface area contributed by atoms with Gasteiger partial charge < -0.3 is 5.32 Å². The zero-order valence-electron chi connectivity index (χ0n) is 10.1. The number of benzene rings is 1. The Morgan fingerprint density at radius 1 is 1.29 bits per heavy atom. The van der Waals surface area contributed by atoms with Gasteiger partial charge >= 0.3 is 0 Å². The van der Waals surface area contributed by atoms with Gasteiger partial charge in [-0.1, -0.05) is 43.1 Å². The molecule has 1 amide bonds. The molecule has 0 atom stereocenters. The van der Waals surface area contributed by atoms with Crippen LogP contribution in [0.4, 0.5) is 0 Å². The van der Waals surface area contributed by atoms with E-state index in [1.807, 2.05) is 6.07 Å². The summed E-state index contributed by atoms with van der Waals surface area (Å²) in [6.45, 7) is 4.70. The van der Waals surface area contributed by atoms with E-state index < -0.39 is 0 Å². The largest absolute Gasteiger partial charge is 0.352 e. The summed E-state index contributed by atoms with van der Waals surface area (Å²) >= 11 is 11.7. The number of amides is 1. The van der Waals surface area contributed by atoms with E-state index in [2.05, 4.69) is 19.2 Å². The smallest absolute Gasteiger partial charge is 0.220 e. The van der Waals surface area contributed by atoms with E-state index in [0.29, 0.717) is 28.9 Å². The van der Waals surface area contributed by atoms with Gasteiger partial charge in [0.05, 0.1) is 10.0 Å². The van der Waals surface area contributed by atoms with Gasteiger partial charge in [0.1, 0.15) is 0 Å². The first-order valence-electron chi connectivity index (χ1n) is 5.69.